The summed E-state index contributed by atoms with van der Waals surface area (Å²) < 4.78 is 0. The number of hydrogen-bond acceptors (Lipinski definition) is 1. The summed E-state index contributed by atoms with van der Waals surface area (Å²) in [6, 6.07) is 1.97. The monoisotopic (exact) mass is 158 g/mol. The molecule has 0 bridgehead atoms. The fraction of sp³-hybridized carbons (Fsp3) is 0.100. The molecule has 0 fully saturated rings. The second-order valence-electron chi connectivity index (χ2n) is 2.73. The van der Waals surface area contributed by atoms with E-state index in [0.29, 0.717) is 0 Å². The van der Waals surface area contributed by atoms with Crippen LogP contribution in [0.25, 0.3) is 10.9 Å². The van der Waals surface area contributed by atoms with Gasteiger partial charge in [-0.25, -0.2) is 0 Å². The third kappa shape index (κ3) is 1.01. The van der Waals surface area contributed by atoms with Crippen molar-refractivity contribution in [3.05, 3.63) is 42.9 Å². The molecule has 0 saturated heterocycles. The summed E-state index contributed by atoms with van der Waals surface area (Å²) in [5, 5.41) is 1.19. The number of aromatic nitrogens is 2. The third-order valence-electron chi connectivity index (χ3n) is 1.93. The van der Waals surface area contributed by atoms with Crippen LogP contribution < -0.4 is 0 Å². The van der Waals surface area contributed by atoms with Crippen molar-refractivity contribution in [2.24, 2.45) is 0 Å². The van der Waals surface area contributed by atoms with Crippen LogP contribution in [0.4, 0.5) is 0 Å². The second-order valence-corrected chi connectivity index (χ2v) is 2.73. The number of fused-ring (bicyclic) bond motifs is 1. The molecular weight excluding hydrogens is 148 g/mol. The van der Waals surface area contributed by atoms with Crippen LogP contribution in [-0.2, 0) is 6.42 Å². The molecule has 0 amide bonds. The molecule has 60 valence electrons. The van der Waals surface area contributed by atoms with Crippen molar-refractivity contribution in [3.63, 3.8) is 0 Å². The molecule has 0 aromatic carbocycles. The predicted molar refractivity (Wildman–Crippen MR) is 50.0 cm³/mol. The lowest BCUT2D eigenvalue weighted by molar-refractivity contribution is 1.29. The van der Waals surface area contributed by atoms with Crippen LogP contribution >= 0.6 is 0 Å². The summed E-state index contributed by atoms with van der Waals surface area (Å²) in [4.78, 5) is 7.26. The van der Waals surface area contributed by atoms with Crippen LogP contribution in [0, 0.1) is 0 Å². The SMILES string of the molecule is C=CCc1c[nH]c2ccncc12. The van der Waals surface area contributed by atoms with Gasteiger partial charge in [0.2, 0.25) is 0 Å². The summed E-state index contributed by atoms with van der Waals surface area (Å²) in [6.07, 6.45) is 8.47. The quantitative estimate of drug-likeness (QED) is 0.667. The van der Waals surface area contributed by atoms with Crippen molar-refractivity contribution in [3.8, 4) is 0 Å². The molecule has 0 radical (unpaired) electrons. The summed E-state index contributed by atoms with van der Waals surface area (Å²) in [5.41, 5.74) is 2.40. The van der Waals surface area contributed by atoms with Gasteiger partial charge in [-0.15, -0.1) is 6.58 Å². The molecule has 0 aliphatic heterocycles. The highest BCUT2D eigenvalue weighted by Crippen LogP contribution is 2.16. The fourth-order valence-electron chi connectivity index (χ4n) is 1.34. The second kappa shape index (κ2) is 2.81. The molecule has 2 heteroatoms. The topological polar surface area (TPSA) is 28.7 Å². The number of aromatic amines is 1. The number of nitrogens with one attached hydrogen (secondary N) is 1. The fourth-order valence-corrected chi connectivity index (χ4v) is 1.34. The molecule has 0 saturated carbocycles. The van der Waals surface area contributed by atoms with Crippen LogP contribution in [0.3, 0.4) is 0 Å². The van der Waals surface area contributed by atoms with Crippen molar-refractivity contribution >= 4 is 10.9 Å². The molecule has 0 aliphatic rings. The molecule has 0 spiro atoms. The minimum Gasteiger partial charge on any atom is -0.361 e. The average Bonchev–Trinajstić information content (AvgIpc) is 2.50. The maximum atomic E-state index is 4.07. The Morgan fingerprint density at radius 1 is 1.58 bits per heavy atom. The van der Waals surface area contributed by atoms with Crippen LogP contribution in [-0.4, -0.2) is 9.97 Å². The normalized spacial score (nSPS) is 10.3. The maximum absolute atomic E-state index is 4.07. The molecule has 0 aliphatic carbocycles. The van der Waals surface area contributed by atoms with Crippen LogP contribution in [0.2, 0.25) is 0 Å². The third-order valence-corrected chi connectivity index (χ3v) is 1.93. The highest BCUT2D eigenvalue weighted by molar-refractivity contribution is 5.82. The number of pyridine rings is 1. The van der Waals surface area contributed by atoms with Gasteiger partial charge in [0.15, 0.2) is 0 Å². The van der Waals surface area contributed by atoms with Gasteiger partial charge < -0.3 is 4.98 Å². The van der Waals surface area contributed by atoms with Gasteiger partial charge in [-0.2, -0.15) is 0 Å². The van der Waals surface area contributed by atoms with Gasteiger partial charge in [0, 0.05) is 29.5 Å². The summed E-state index contributed by atoms with van der Waals surface area (Å²) in [5.74, 6) is 0. The van der Waals surface area contributed by atoms with E-state index in [2.05, 4.69) is 16.5 Å². The zero-order chi connectivity index (χ0) is 8.39. The summed E-state index contributed by atoms with van der Waals surface area (Å²) >= 11 is 0. The van der Waals surface area contributed by atoms with Crippen molar-refractivity contribution in [2.75, 3.05) is 0 Å². The Bertz CT molecular complexity index is 401. The van der Waals surface area contributed by atoms with E-state index in [4.69, 9.17) is 0 Å². The lowest BCUT2D eigenvalue weighted by atomic mass is 10.1. The van der Waals surface area contributed by atoms with E-state index in [1.54, 1.807) is 6.20 Å². The molecule has 2 aromatic rings. The van der Waals surface area contributed by atoms with Gasteiger partial charge in [-0.3, -0.25) is 4.98 Å². The summed E-state index contributed by atoms with van der Waals surface area (Å²) in [6.45, 7) is 3.71. The number of allylic oxidation sites excluding steroid dienone is 1. The van der Waals surface area contributed by atoms with Crippen molar-refractivity contribution < 1.29 is 0 Å². The van der Waals surface area contributed by atoms with Crippen molar-refractivity contribution in [1.82, 2.24) is 9.97 Å². The average molecular weight is 158 g/mol. The molecule has 2 heterocycles. The lowest BCUT2D eigenvalue weighted by Gasteiger charge is -1.91. The summed E-state index contributed by atoms with van der Waals surface area (Å²) in [7, 11) is 0. The number of nitrogens with zero attached hydrogens (tertiary/aromatic N) is 1. The Kier molecular flexibility index (Phi) is 1.67. The molecule has 2 rings (SSSR count). The minimum absolute atomic E-state index is 0.895. The lowest BCUT2D eigenvalue weighted by Crippen LogP contribution is -1.76. The van der Waals surface area contributed by atoms with E-state index in [1.165, 1.54) is 10.9 Å². The Morgan fingerprint density at radius 2 is 2.50 bits per heavy atom. The zero-order valence-corrected chi connectivity index (χ0v) is 6.75. The van der Waals surface area contributed by atoms with E-state index in [1.807, 2.05) is 24.5 Å². The number of rotatable bonds is 2. The van der Waals surface area contributed by atoms with E-state index in [0.717, 1.165) is 11.9 Å². The predicted octanol–water partition coefficient (Wildman–Crippen LogP) is 2.29. The molecule has 1 N–H and O–H groups in total. The smallest absolute Gasteiger partial charge is 0.0487 e. The standard InChI is InChI=1S/C10H10N2/c1-2-3-8-6-12-10-4-5-11-7-9(8)10/h2,4-7,12H,1,3H2. The molecule has 2 aromatic heterocycles. The van der Waals surface area contributed by atoms with Crippen LogP contribution in [0.5, 0.6) is 0 Å². The van der Waals surface area contributed by atoms with E-state index in [9.17, 15) is 0 Å². The number of hydrogen-bond donors (Lipinski definition) is 1. The van der Waals surface area contributed by atoms with Crippen LogP contribution in [0.15, 0.2) is 37.3 Å². The van der Waals surface area contributed by atoms with Gasteiger partial charge in [0.05, 0.1) is 0 Å². The van der Waals surface area contributed by atoms with Crippen molar-refractivity contribution in [1.29, 1.82) is 0 Å². The van der Waals surface area contributed by atoms with E-state index < -0.39 is 0 Å². The zero-order valence-electron chi connectivity index (χ0n) is 6.75. The molecule has 2 nitrogen and oxygen atoms in total. The Hall–Kier alpha value is -1.57. The van der Waals surface area contributed by atoms with Gasteiger partial charge >= 0.3 is 0 Å². The Morgan fingerprint density at radius 3 is 3.33 bits per heavy atom. The Balaban J connectivity index is 2.62. The molecule has 0 atom stereocenters. The van der Waals surface area contributed by atoms with E-state index >= 15 is 0 Å². The highest BCUT2D eigenvalue weighted by Gasteiger charge is 1.99. The highest BCUT2D eigenvalue weighted by atomic mass is 14.7. The van der Waals surface area contributed by atoms with Gasteiger partial charge in [0.25, 0.3) is 0 Å². The molecular formula is C10H10N2. The first-order chi connectivity index (χ1) is 5.92. The van der Waals surface area contributed by atoms with Gasteiger partial charge in [-0.05, 0) is 18.1 Å². The first kappa shape index (κ1) is 7.10. The largest absolute Gasteiger partial charge is 0.361 e. The first-order valence-electron chi connectivity index (χ1n) is 3.92. The molecule has 12 heavy (non-hydrogen) atoms. The van der Waals surface area contributed by atoms with Crippen molar-refractivity contribution in [2.45, 2.75) is 6.42 Å². The van der Waals surface area contributed by atoms with Crippen LogP contribution in [0.1, 0.15) is 5.56 Å². The molecule has 0 unspecified atom stereocenters. The number of H-pyrrole nitrogens is 1. The first-order valence-corrected chi connectivity index (χ1v) is 3.92. The van der Waals surface area contributed by atoms with Gasteiger partial charge in [-0.1, -0.05) is 6.08 Å². The maximum Gasteiger partial charge on any atom is 0.0487 e. The van der Waals surface area contributed by atoms with Gasteiger partial charge in [0.1, 0.15) is 0 Å². The van der Waals surface area contributed by atoms with E-state index in [-0.39, 0.29) is 0 Å². The Labute approximate surface area is 70.9 Å². The minimum atomic E-state index is 0.895.